The number of hydrogen-bond acceptors (Lipinski definition) is 7. The molecule has 0 aromatic heterocycles. The molecule has 2 amide bonds. The number of carbonyl (C=O) groups is 2. The largest absolute Gasteiger partial charge is 0.426 e. The third-order valence-corrected chi connectivity index (χ3v) is 7.22. The van der Waals surface area contributed by atoms with Crippen LogP contribution in [0.1, 0.15) is 57.8 Å². The van der Waals surface area contributed by atoms with Gasteiger partial charge >= 0.3 is 6.09 Å². The van der Waals surface area contributed by atoms with Crippen molar-refractivity contribution in [1.82, 2.24) is 20.6 Å². The van der Waals surface area contributed by atoms with Crippen molar-refractivity contribution in [3.8, 4) is 6.07 Å². The highest BCUT2D eigenvalue weighted by molar-refractivity contribution is 5.86. The van der Waals surface area contributed by atoms with E-state index in [1.54, 1.807) is 5.06 Å². The Balaban J connectivity index is 1.36. The van der Waals surface area contributed by atoms with Gasteiger partial charge in [0.2, 0.25) is 5.91 Å². The molecule has 4 rings (SSSR count). The lowest BCUT2D eigenvalue weighted by Crippen LogP contribution is -2.57. The van der Waals surface area contributed by atoms with Crippen LogP contribution in [-0.4, -0.2) is 79.5 Å². The Morgan fingerprint density at radius 1 is 1.09 bits per heavy atom. The summed E-state index contributed by atoms with van der Waals surface area (Å²) in [5.41, 5.74) is -0.882. The van der Waals surface area contributed by atoms with Gasteiger partial charge in [-0.1, -0.05) is 32.1 Å². The number of nitrogens with zero attached hydrogens (tertiary/aromatic N) is 3. The van der Waals surface area contributed by atoms with Crippen LogP contribution in [0.5, 0.6) is 0 Å². The van der Waals surface area contributed by atoms with Gasteiger partial charge in [0, 0.05) is 19.6 Å². The average Bonchev–Trinajstić information content (AvgIpc) is 3.53. The Hall–Kier alpha value is -1.89. The molecule has 9 nitrogen and oxygen atoms in total. The van der Waals surface area contributed by atoms with Crippen molar-refractivity contribution in [3.05, 3.63) is 0 Å². The topological polar surface area (TPSA) is 107 Å². The van der Waals surface area contributed by atoms with Crippen LogP contribution < -0.4 is 10.6 Å². The standard InChI is InChI=1S/C23H37N5O4/c24-16-23(8-9-27(17-23)15-19-6-7-19)26-21(29)20(14-18-4-2-1-3-5-18)25-22(30)32-28-10-12-31-13-11-28/h18-20H,1-15,17H2,(H,25,30)(H,26,29). The molecule has 9 heteroatoms. The molecule has 0 aromatic rings. The van der Waals surface area contributed by atoms with Crippen LogP contribution in [0, 0.1) is 23.2 Å². The molecule has 2 unspecified atom stereocenters. The van der Waals surface area contributed by atoms with Crippen molar-refractivity contribution in [1.29, 1.82) is 5.26 Å². The number of hydroxylamine groups is 2. The van der Waals surface area contributed by atoms with Gasteiger partial charge in [0.15, 0.2) is 0 Å². The number of hydrogen-bond donors (Lipinski definition) is 2. The molecule has 2 heterocycles. The minimum absolute atomic E-state index is 0.274. The molecule has 0 spiro atoms. The maximum atomic E-state index is 13.3. The van der Waals surface area contributed by atoms with E-state index >= 15 is 0 Å². The number of morpholine rings is 1. The summed E-state index contributed by atoms with van der Waals surface area (Å²) in [7, 11) is 0. The van der Waals surface area contributed by atoms with Gasteiger partial charge in [-0.05, 0) is 37.5 Å². The zero-order chi connectivity index (χ0) is 22.4. The van der Waals surface area contributed by atoms with Crippen LogP contribution in [0.15, 0.2) is 0 Å². The number of likely N-dealkylation sites (tertiary alicyclic amines) is 1. The Kier molecular flexibility index (Phi) is 7.87. The number of amides is 2. The van der Waals surface area contributed by atoms with Crippen LogP contribution in [0.3, 0.4) is 0 Å². The van der Waals surface area contributed by atoms with E-state index in [2.05, 4.69) is 21.6 Å². The second-order valence-corrected chi connectivity index (χ2v) is 9.97. The van der Waals surface area contributed by atoms with Crippen molar-refractivity contribution < 1.29 is 19.2 Å². The summed E-state index contributed by atoms with van der Waals surface area (Å²) in [5, 5.41) is 17.3. The van der Waals surface area contributed by atoms with E-state index < -0.39 is 17.7 Å². The summed E-state index contributed by atoms with van der Waals surface area (Å²) in [6.45, 7) is 4.45. The van der Waals surface area contributed by atoms with E-state index in [1.165, 1.54) is 19.3 Å². The van der Waals surface area contributed by atoms with Gasteiger partial charge in [0.05, 0.1) is 32.4 Å². The lowest BCUT2D eigenvalue weighted by atomic mass is 9.84. The molecule has 2 N–H and O–H groups in total. The van der Waals surface area contributed by atoms with Gasteiger partial charge in [0.1, 0.15) is 11.6 Å². The highest BCUT2D eigenvalue weighted by atomic mass is 16.7. The Labute approximate surface area is 190 Å². The van der Waals surface area contributed by atoms with Crippen LogP contribution in [0.4, 0.5) is 4.79 Å². The summed E-state index contributed by atoms with van der Waals surface area (Å²) in [4.78, 5) is 33.6. The van der Waals surface area contributed by atoms with E-state index in [-0.39, 0.29) is 5.91 Å². The number of nitriles is 1. The first kappa shape index (κ1) is 23.3. The fourth-order valence-electron chi connectivity index (χ4n) is 5.17. The monoisotopic (exact) mass is 447 g/mol. The van der Waals surface area contributed by atoms with Crippen molar-refractivity contribution in [2.75, 3.05) is 45.9 Å². The molecule has 2 aliphatic carbocycles. The fraction of sp³-hybridized carbons (Fsp3) is 0.870. The molecule has 2 saturated carbocycles. The first-order chi connectivity index (χ1) is 15.5. The molecule has 0 bridgehead atoms. The summed E-state index contributed by atoms with van der Waals surface area (Å²) >= 11 is 0. The van der Waals surface area contributed by atoms with Crippen LogP contribution >= 0.6 is 0 Å². The Morgan fingerprint density at radius 3 is 2.53 bits per heavy atom. The van der Waals surface area contributed by atoms with Crippen LogP contribution in [0.2, 0.25) is 0 Å². The van der Waals surface area contributed by atoms with Crippen molar-refractivity contribution in [2.24, 2.45) is 11.8 Å². The quantitative estimate of drug-likeness (QED) is 0.584. The van der Waals surface area contributed by atoms with E-state index in [9.17, 15) is 14.9 Å². The minimum Gasteiger partial charge on any atom is -0.379 e. The van der Waals surface area contributed by atoms with E-state index in [0.29, 0.717) is 51.6 Å². The van der Waals surface area contributed by atoms with Gasteiger partial charge in [0.25, 0.3) is 0 Å². The molecule has 4 fully saturated rings. The predicted molar refractivity (Wildman–Crippen MR) is 117 cm³/mol. The van der Waals surface area contributed by atoms with E-state index in [0.717, 1.165) is 44.7 Å². The molecule has 4 aliphatic rings. The number of carbonyl (C=O) groups excluding carboxylic acids is 2. The maximum Gasteiger partial charge on any atom is 0.426 e. The molecule has 0 aromatic carbocycles. The van der Waals surface area contributed by atoms with Crippen molar-refractivity contribution in [2.45, 2.75) is 69.4 Å². The van der Waals surface area contributed by atoms with Gasteiger partial charge in [-0.15, -0.1) is 5.06 Å². The molecule has 2 saturated heterocycles. The Bertz CT molecular complexity index is 697. The third kappa shape index (κ3) is 6.56. The number of rotatable bonds is 8. The van der Waals surface area contributed by atoms with Crippen molar-refractivity contribution in [3.63, 3.8) is 0 Å². The summed E-state index contributed by atoms with van der Waals surface area (Å²) in [6.07, 6.45) is 8.82. The molecule has 32 heavy (non-hydrogen) atoms. The van der Waals surface area contributed by atoms with Crippen molar-refractivity contribution >= 4 is 12.0 Å². The zero-order valence-corrected chi connectivity index (χ0v) is 19.0. The maximum absolute atomic E-state index is 13.3. The molecular formula is C23H37N5O4. The number of ether oxygens (including phenoxy) is 1. The lowest BCUT2D eigenvalue weighted by Gasteiger charge is -2.30. The zero-order valence-electron chi connectivity index (χ0n) is 19.0. The van der Waals surface area contributed by atoms with E-state index in [1.807, 2.05) is 0 Å². The highest BCUT2D eigenvalue weighted by Gasteiger charge is 2.42. The fourth-order valence-corrected chi connectivity index (χ4v) is 5.17. The molecule has 2 aliphatic heterocycles. The molecule has 0 radical (unpaired) electrons. The first-order valence-electron chi connectivity index (χ1n) is 12.3. The highest BCUT2D eigenvalue weighted by Crippen LogP contribution is 2.32. The second kappa shape index (κ2) is 10.8. The van der Waals surface area contributed by atoms with Gasteiger partial charge in [-0.3, -0.25) is 9.69 Å². The number of nitrogens with one attached hydrogen (secondary N) is 2. The lowest BCUT2D eigenvalue weighted by molar-refractivity contribution is -0.147. The average molecular weight is 448 g/mol. The van der Waals surface area contributed by atoms with Crippen LogP contribution in [0.25, 0.3) is 0 Å². The smallest absolute Gasteiger partial charge is 0.379 e. The Morgan fingerprint density at radius 2 is 1.84 bits per heavy atom. The summed E-state index contributed by atoms with van der Waals surface area (Å²) < 4.78 is 5.28. The molecule has 2 atom stereocenters. The molecular weight excluding hydrogens is 410 g/mol. The SMILES string of the molecule is N#CC1(NC(=O)C(CC2CCCCC2)NC(=O)ON2CCOCC2)CCN(CC2CC2)C1. The predicted octanol–water partition coefficient (Wildman–Crippen LogP) is 1.79. The normalized spacial score (nSPS) is 28.6. The van der Waals surface area contributed by atoms with Gasteiger partial charge < -0.3 is 20.2 Å². The summed E-state index contributed by atoms with van der Waals surface area (Å²) in [5.74, 6) is 0.872. The van der Waals surface area contributed by atoms with Gasteiger partial charge in [-0.25, -0.2) is 4.79 Å². The molecule has 178 valence electrons. The van der Waals surface area contributed by atoms with E-state index in [4.69, 9.17) is 9.57 Å². The van der Waals surface area contributed by atoms with Gasteiger partial charge in [-0.2, -0.15) is 5.26 Å². The summed E-state index contributed by atoms with van der Waals surface area (Å²) in [6, 6.07) is 1.67. The second-order valence-electron chi connectivity index (χ2n) is 9.97. The first-order valence-corrected chi connectivity index (χ1v) is 12.3. The minimum atomic E-state index is -0.882. The van der Waals surface area contributed by atoms with Crippen LogP contribution in [-0.2, 0) is 14.4 Å². The third-order valence-electron chi connectivity index (χ3n) is 7.22.